The predicted octanol–water partition coefficient (Wildman–Crippen LogP) is 3.87. The average Bonchev–Trinajstić information content (AvgIpc) is 2.31. The van der Waals surface area contributed by atoms with Crippen molar-refractivity contribution in [2.75, 3.05) is 0 Å². The van der Waals surface area contributed by atoms with Crippen LogP contribution in [-0.4, -0.2) is 5.11 Å². The SMILES string of the molecule is Cc1ccc(Cl)cc1C(O)c1cccc(F)c1. The Kier molecular flexibility index (Phi) is 3.46. The maximum atomic E-state index is 13.1. The van der Waals surface area contributed by atoms with Crippen LogP contribution in [0.2, 0.25) is 5.02 Å². The Morgan fingerprint density at radius 2 is 1.94 bits per heavy atom. The van der Waals surface area contributed by atoms with Crippen LogP contribution in [0.4, 0.5) is 4.39 Å². The lowest BCUT2D eigenvalue weighted by Crippen LogP contribution is -2.02. The van der Waals surface area contributed by atoms with Crippen LogP contribution in [0.3, 0.4) is 0 Å². The van der Waals surface area contributed by atoms with E-state index in [0.717, 1.165) is 5.56 Å². The largest absolute Gasteiger partial charge is 0.384 e. The third-order valence-electron chi connectivity index (χ3n) is 2.70. The maximum Gasteiger partial charge on any atom is 0.123 e. The highest BCUT2D eigenvalue weighted by Gasteiger charge is 2.13. The van der Waals surface area contributed by atoms with Gasteiger partial charge in [-0.1, -0.05) is 29.8 Å². The molecule has 0 amide bonds. The molecule has 0 saturated heterocycles. The van der Waals surface area contributed by atoms with Crippen molar-refractivity contribution < 1.29 is 9.50 Å². The van der Waals surface area contributed by atoms with Gasteiger partial charge in [0.15, 0.2) is 0 Å². The smallest absolute Gasteiger partial charge is 0.123 e. The van der Waals surface area contributed by atoms with Gasteiger partial charge in [0.25, 0.3) is 0 Å². The molecule has 17 heavy (non-hydrogen) atoms. The lowest BCUT2D eigenvalue weighted by Gasteiger charge is -2.14. The molecule has 1 atom stereocenters. The summed E-state index contributed by atoms with van der Waals surface area (Å²) in [5.41, 5.74) is 2.14. The van der Waals surface area contributed by atoms with Crippen LogP contribution >= 0.6 is 11.6 Å². The van der Waals surface area contributed by atoms with Crippen molar-refractivity contribution in [2.45, 2.75) is 13.0 Å². The van der Waals surface area contributed by atoms with E-state index < -0.39 is 6.10 Å². The standard InChI is InChI=1S/C14H12ClFO/c1-9-5-6-11(15)8-13(9)14(17)10-3-2-4-12(16)7-10/h2-8,14,17H,1H3. The van der Waals surface area contributed by atoms with Crippen LogP contribution in [0.1, 0.15) is 22.8 Å². The zero-order chi connectivity index (χ0) is 12.4. The van der Waals surface area contributed by atoms with E-state index in [1.807, 2.05) is 13.0 Å². The monoisotopic (exact) mass is 250 g/mol. The molecule has 1 unspecified atom stereocenters. The van der Waals surface area contributed by atoms with Gasteiger partial charge in [0.05, 0.1) is 0 Å². The van der Waals surface area contributed by atoms with Gasteiger partial charge in [0.1, 0.15) is 11.9 Å². The summed E-state index contributed by atoms with van der Waals surface area (Å²) >= 11 is 5.89. The molecule has 0 radical (unpaired) electrons. The second-order valence-corrected chi connectivity index (χ2v) is 4.39. The lowest BCUT2D eigenvalue weighted by atomic mass is 9.97. The van der Waals surface area contributed by atoms with Crippen LogP contribution in [0.25, 0.3) is 0 Å². The molecule has 0 fully saturated rings. The number of rotatable bonds is 2. The van der Waals surface area contributed by atoms with Gasteiger partial charge in [-0.2, -0.15) is 0 Å². The quantitative estimate of drug-likeness (QED) is 0.858. The Labute approximate surface area is 104 Å². The molecule has 0 aliphatic heterocycles. The van der Waals surface area contributed by atoms with Crippen molar-refractivity contribution in [1.29, 1.82) is 0 Å². The molecule has 2 rings (SSSR count). The molecule has 0 aliphatic rings. The van der Waals surface area contributed by atoms with E-state index in [0.29, 0.717) is 16.1 Å². The highest BCUT2D eigenvalue weighted by Crippen LogP contribution is 2.27. The molecular formula is C14H12ClFO. The molecule has 0 bridgehead atoms. The second-order valence-electron chi connectivity index (χ2n) is 3.96. The van der Waals surface area contributed by atoms with Gasteiger partial charge in [-0.3, -0.25) is 0 Å². The van der Waals surface area contributed by atoms with Crippen molar-refractivity contribution in [2.24, 2.45) is 0 Å². The van der Waals surface area contributed by atoms with Gasteiger partial charge in [0, 0.05) is 5.02 Å². The summed E-state index contributed by atoms with van der Waals surface area (Å²) < 4.78 is 13.1. The van der Waals surface area contributed by atoms with Crippen LogP contribution in [-0.2, 0) is 0 Å². The van der Waals surface area contributed by atoms with Gasteiger partial charge < -0.3 is 5.11 Å². The Bertz CT molecular complexity index is 539. The third-order valence-corrected chi connectivity index (χ3v) is 2.94. The fourth-order valence-corrected chi connectivity index (χ4v) is 1.94. The van der Waals surface area contributed by atoms with Gasteiger partial charge in [-0.05, 0) is 47.9 Å². The third kappa shape index (κ3) is 2.65. The Hall–Kier alpha value is -1.38. The van der Waals surface area contributed by atoms with E-state index in [-0.39, 0.29) is 5.82 Å². The van der Waals surface area contributed by atoms with Gasteiger partial charge >= 0.3 is 0 Å². The Morgan fingerprint density at radius 3 is 2.65 bits per heavy atom. The molecule has 1 nitrogen and oxygen atoms in total. The first-order chi connectivity index (χ1) is 8.08. The number of halogens is 2. The predicted molar refractivity (Wildman–Crippen MR) is 66.7 cm³/mol. The van der Waals surface area contributed by atoms with E-state index in [2.05, 4.69) is 0 Å². The zero-order valence-electron chi connectivity index (χ0n) is 9.32. The summed E-state index contributed by atoms with van der Waals surface area (Å²) in [6, 6.07) is 11.2. The summed E-state index contributed by atoms with van der Waals surface area (Å²) in [6.45, 7) is 1.88. The van der Waals surface area contributed by atoms with E-state index in [9.17, 15) is 9.50 Å². The molecule has 0 spiro atoms. The van der Waals surface area contributed by atoms with Gasteiger partial charge in [0.2, 0.25) is 0 Å². The molecule has 88 valence electrons. The van der Waals surface area contributed by atoms with E-state index in [1.165, 1.54) is 12.1 Å². The second kappa shape index (κ2) is 4.86. The van der Waals surface area contributed by atoms with Gasteiger partial charge in [-0.15, -0.1) is 0 Å². The van der Waals surface area contributed by atoms with Crippen molar-refractivity contribution >= 4 is 11.6 Å². The number of hydrogen-bond acceptors (Lipinski definition) is 1. The molecule has 2 aromatic rings. The summed E-state index contributed by atoms with van der Waals surface area (Å²) in [7, 11) is 0. The van der Waals surface area contributed by atoms with E-state index in [1.54, 1.807) is 24.3 Å². The Balaban J connectivity index is 2.43. The Morgan fingerprint density at radius 1 is 1.18 bits per heavy atom. The minimum atomic E-state index is -0.857. The summed E-state index contributed by atoms with van der Waals surface area (Å²) in [5, 5.41) is 10.8. The number of aliphatic hydroxyl groups excluding tert-OH is 1. The van der Waals surface area contributed by atoms with E-state index >= 15 is 0 Å². The van der Waals surface area contributed by atoms with Crippen molar-refractivity contribution in [3.05, 3.63) is 70.0 Å². The zero-order valence-corrected chi connectivity index (χ0v) is 10.1. The first-order valence-electron chi connectivity index (χ1n) is 5.27. The number of hydrogen-bond donors (Lipinski definition) is 1. The van der Waals surface area contributed by atoms with Crippen molar-refractivity contribution in [3.63, 3.8) is 0 Å². The topological polar surface area (TPSA) is 20.2 Å². The number of aliphatic hydroxyl groups is 1. The molecule has 1 N–H and O–H groups in total. The minimum Gasteiger partial charge on any atom is -0.384 e. The fraction of sp³-hybridized carbons (Fsp3) is 0.143. The highest BCUT2D eigenvalue weighted by atomic mass is 35.5. The highest BCUT2D eigenvalue weighted by molar-refractivity contribution is 6.30. The lowest BCUT2D eigenvalue weighted by molar-refractivity contribution is 0.219. The first kappa shape index (κ1) is 12.1. The van der Waals surface area contributed by atoms with E-state index in [4.69, 9.17) is 11.6 Å². The van der Waals surface area contributed by atoms with Gasteiger partial charge in [-0.25, -0.2) is 4.39 Å². The van der Waals surface area contributed by atoms with Crippen LogP contribution in [0.15, 0.2) is 42.5 Å². The van der Waals surface area contributed by atoms with Crippen molar-refractivity contribution in [1.82, 2.24) is 0 Å². The van der Waals surface area contributed by atoms with Crippen LogP contribution in [0, 0.1) is 12.7 Å². The normalized spacial score (nSPS) is 12.5. The minimum absolute atomic E-state index is 0.360. The number of benzene rings is 2. The molecular weight excluding hydrogens is 239 g/mol. The molecule has 0 aliphatic carbocycles. The average molecular weight is 251 g/mol. The molecule has 0 heterocycles. The fourth-order valence-electron chi connectivity index (χ4n) is 1.76. The number of aryl methyl sites for hydroxylation is 1. The molecule has 3 heteroatoms. The first-order valence-corrected chi connectivity index (χ1v) is 5.65. The maximum absolute atomic E-state index is 13.1. The summed E-state index contributed by atoms with van der Waals surface area (Å²) in [4.78, 5) is 0. The molecule has 0 saturated carbocycles. The summed E-state index contributed by atoms with van der Waals surface area (Å²) in [6.07, 6.45) is -0.857. The molecule has 2 aromatic carbocycles. The van der Waals surface area contributed by atoms with Crippen molar-refractivity contribution in [3.8, 4) is 0 Å². The molecule has 0 aromatic heterocycles. The van der Waals surface area contributed by atoms with Crippen LogP contribution in [0.5, 0.6) is 0 Å². The van der Waals surface area contributed by atoms with Crippen LogP contribution < -0.4 is 0 Å². The summed E-state index contributed by atoms with van der Waals surface area (Å²) in [5.74, 6) is -0.360.